The van der Waals surface area contributed by atoms with E-state index in [2.05, 4.69) is 47.4 Å². The Morgan fingerprint density at radius 1 is 0.891 bits per heavy atom. The van der Waals surface area contributed by atoms with E-state index in [0.717, 1.165) is 62.3 Å². The van der Waals surface area contributed by atoms with Crippen molar-refractivity contribution in [2.45, 2.75) is 56.7 Å². The third kappa shape index (κ3) is 7.64. The number of aromatic hydroxyl groups is 1. The number of amides is 4. The lowest BCUT2D eigenvalue weighted by Gasteiger charge is -2.41. The molecule has 0 aromatic heterocycles. The number of nitrogens with zero attached hydrogens (tertiary/aromatic N) is 4. The van der Waals surface area contributed by atoms with Gasteiger partial charge in [-0.25, -0.2) is 9.59 Å². The van der Waals surface area contributed by atoms with E-state index < -0.39 is 12.2 Å². The van der Waals surface area contributed by atoms with Crippen molar-refractivity contribution in [2.75, 3.05) is 64.2 Å². The second-order valence-electron chi connectivity index (χ2n) is 12.6. The third-order valence-corrected chi connectivity index (χ3v) is 11.0. The van der Waals surface area contributed by atoms with Crippen LogP contribution in [0.1, 0.15) is 36.8 Å². The maximum absolute atomic E-state index is 13.9. The summed E-state index contributed by atoms with van der Waals surface area (Å²) in [5.74, 6) is -0.128. The maximum Gasteiger partial charge on any atom is 0.410 e. The average molecular weight is 763 g/mol. The predicted molar refractivity (Wildman–Crippen MR) is 182 cm³/mol. The number of ether oxygens (including phenoxy) is 1. The Balaban J connectivity index is 1.09. The molecule has 4 heterocycles. The molecule has 2 aromatic rings. The molecule has 1 atom stereocenters. The van der Waals surface area contributed by atoms with Crippen LogP contribution in [-0.4, -0.2) is 120 Å². The second-order valence-corrected chi connectivity index (χ2v) is 14.3. The van der Waals surface area contributed by atoms with Crippen molar-refractivity contribution in [3.8, 4) is 5.75 Å². The summed E-state index contributed by atoms with van der Waals surface area (Å²) in [7, 11) is 0. The smallest absolute Gasteiger partial charge is 0.410 e. The SMILES string of the molecule is O=C(OC(Cc1cc(Br)c(O)c(Br)c1)C(=O)N1CCN(C2CCNCC2)CC1)N1CCC(N2CCc3ccccc3NC2=O)CC1. The summed E-state index contributed by atoms with van der Waals surface area (Å²) < 4.78 is 7.00. The molecule has 3 saturated heterocycles. The van der Waals surface area contributed by atoms with Gasteiger partial charge in [0.25, 0.3) is 5.91 Å². The molecule has 0 radical (unpaired) electrons. The number of halogens is 2. The number of fused-ring (bicyclic) bond motifs is 1. The monoisotopic (exact) mass is 760 g/mol. The molecule has 0 aliphatic carbocycles. The molecule has 248 valence electrons. The number of hydrogen-bond acceptors (Lipinski definition) is 7. The third-order valence-electron chi connectivity index (χ3n) is 9.77. The topological polar surface area (TPSA) is 118 Å². The predicted octanol–water partition coefficient (Wildman–Crippen LogP) is 4.42. The molecule has 6 rings (SSSR count). The fourth-order valence-corrected chi connectivity index (χ4v) is 8.39. The van der Waals surface area contributed by atoms with Gasteiger partial charge in [-0.05, 0) is 106 Å². The molecule has 0 saturated carbocycles. The van der Waals surface area contributed by atoms with E-state index in [9.17, 15) is 19.5 Å². The lowest BCUT2D eigenvalue weighted by Crippen LogP contribution is -2.56. The van der Waals surface area contributed by atoms with Crippen LogP contribution >= 0.6 is 31.9 Å². The van der Waals surface area contributed by atoms with Crippen molar-refractivity contribution in [3.63, 3.8) is 0 Å². The van der Waals surface area contributed by atoms with E-state index >= 15 is 0 Å². The first-order valence-corrected chi connectivity index (χ1v) is 17.9. The van der Waals surface area contributed by atoms with Gasteiger partial charge in [-0.3, -0.25) is 9.69 Å². The summed E-state index contributed by atoms with van der Waals surface area (Å²) in [6, 6.07) is 11.8. The summed E-state index contributed by atoms with van der Waals surface area (Å²) in [4.78, 5) is 48.4. The van der Waals surface area contributed by atoms with Gasteiger partial charge in [0.05, 0.1) is 8.95 Å². The molecule has 2 aromatic carbocycles. The Labute approximate surface area is 286 Å². The van der Waals surface area contributed by atoms with Crippen LogP contribution in [0, 0.1) is 0 Å². The van der Waals surface area contributed by atoms with Gasteiger partial charge in [0, 0.05) is 70.0 Å². The largest absolute Gasteiger partial charge is 0.506 e. The number of hydrogen-bond donors (Lipinski definition) is 3. The molecule has 11 nitrogen and oxygen atoms in total. The molecule has 0 bridgehead atoms. The molecule has 4 aliphatic rings. The highest BCUT2D eigenvalue weighted by molar-refractivity contribution is 9.11. The number of phenols is 1. The van der Waals surface area contributed by atoms with Crippen LogP contribution in [0.3, 0.4) is 0 Å². The molecule has 46 heavy (non-hydrogen) atoms. The van der Waals surface area contributed by atoms with Gasteiger partial charge >= 0.3 is 12.1 Å². The normalized spacial score (nSPS) is 20.9. The highest BCUT2D eigenvalue weighted by atomic mass is 79.9. The summed E-state index contributed by atoms with van der Waals surface area (Å²) in [6.07, 6.45) is 2.93. The fourth-order valence-electron chi connectivity index (χ4n) is 7.11. The number of benzene rings is 2. The Morgan fingerprint density at radius 3 is 2.26 bits per heavy atom. The number of phenolic OH excluding ortho intramolecular Hbond substituents is 1. The van der Waals surface area contributed by atoms with Crippen LogP contribution in [0.5, 0.6) is 5.75 Å². The average Bonchev–Trinajstić information content (AvgIpc) is 3.25. The molecule has 13 heteroatoms. The molecule has 0 spiro atoms. The number of para-hydroxylation sites is 1. The minimum Gasteiger partial charge on any atom is -0.506 e. The number of piperidine rings is 2. The Kier molecular flexibility index (Phi) is 10.7. The van der Waals surface area contributed by atoms with E-state index in [1.54, 1.807) is 17.0 Å². The van der Waals surface area contributed by atoms with Gasteiger partial charge in [0.2, 0.25) is 0 Å². The molecule has 3 N–H and O–H groups in total. The van der Waals surface area contributed by atoms with Crippen LogP contribution in [-0.2, 0) is 22.4 Å². The first kappa shape index (κ1) is 33.0. The van der Waals surface area contributed by atoms with Crippen LogP contribution in [0.15, 0.2) is 45.3 Å². The number of urea groups is 1. The maximum atomic E-state index is 13.9. The summed E-state index contributed by atoms with van der Waals surface area (Å²) in [5, 5.41) is 16.7. The van der Waals surface area contributed by atoms with Gasteiger partial charge in [-0.2, -0.15) is 0 Å². The van der Waals surface area contributed by atoms with E-state index in [0.29, 0.717) is 60.6 Å². The van der Waals surface area contributed by atoms with Gasteiger partial charge in [-0.15, -0.1) is 0 Å². The lowest BCUT2D eigenvalue weighted by molar-refractivity contribution is -0.143. The van der Waals surface area contributed by atoms with Gasteiger partial charge in [0.15, 0.2) is 6.10 Å². The molecule has 1 unspecified atom stereocenters. The van der Waals surface area contributed by atoms with E-state index in [1.807, 2.05) is 34.1 Å². The van der Waals surface area contributed by atoms with Gasteiger partial charge in [0.1, 0.15) is 5.75 Å². The van der Waals surface area contributed by atoms with Crippen LogP contribution in [0.25, 0.3) is 0 Å². The van der Waals surface area contributed by atoms with Crippen LogP contribution in [0.4, 0.5) is 15.3 Å². The summed E-state index contributed by atoms with van der Waals surface area (Å²) in [5.41, 5.74) is 2.73. The zero-order valence-electron chi connectivity index (χ0n) is 25.9. The Morgan fingerprint density at radius 2 is 1.57 bits per heavy atom. The fraction of sp³-hybridized carbons (Fsp3) is 0.545. The minimum absolute atomic E-state index is 0.0127. The molecule has 4 aliphatic heterocycles. The standard InChI is InChI=1S/C33H42Br2N6O5/c34-26-19-22(20-27(35)30(26)42)21-29(31(43)39-17-15-38(16-18-39)24-5-10-36-11-6-24)46-33(45)40-12-8-25(9-13-40)41-14-7-23-3-1-2-4-28(23)37-32(41)44/h1-4,19-20,24-25,29,36,42H,5-18,21H2,(H,37,44). The zero-order chi connectivity index (χ0) is 32.2. The number of carbonyl (C=O) groups excluding carboxylic acids is 3. The van der Waals surface area contributed by atoms with Gasteiger partial charge in [-0.1, -0.05) is 18.2 Å². The quantitative estimate of drug-likeness (QED) is 0.400. The number of carbonyl (C=O) groups is 3. The van der Waals surface area contributed by atoms with Crippen LogP contribution < -0.4 is 10.6 Å². The summed E-state index contributed by atoms with van der Waals surface area (Å²) >= 11 is 6.76. The van der Waals surface area contributed by atoms with Crippen molar-refractivity contribution < 1.29 is 24.2 Å². The first-order chi connectivity index (χ1) is 22.3. The van der Waals surface area contributed by atoms with Crippen LogP contribution in [0.2, 0.25) is 0 Å². The number of piperazine rings is 1. The lowest BCUT2D eigenvalue weighted by atomic mass is 10.0. The molecular formula is C33H42Br2N6O5. The molecular weight excluding hydrogens is 720 g/mol. The van der Waals surface area contributed by atoms with Crippen molar-refractivity contribution in [1.82, 2.24) is 24.9 Å². The highest BCUT2D eigenvalue weighted by Gasteiger charge is 2.36. The Hall–Kier alpha value is -2.87. The number of anilines is 1. The molecule has 3 fully saturated rings. The number of rotatable bonds is 6. The summed E-state index contributed by atoms with van der Waals surface area (Å²) in [6.45, 7) is 6.33. The van der Waals surface area contributed by atoms with E-state index in [1.165, 1.54) is 0 Å². The Bertz CT molecular complexity index is 1400. The minimum atomic E-state index is -1.01. The van der Waals surface area contributed by atoms with E-state index in [-0.39, 0.29) is 30.2 Å². The number of nitrogens with one attached hydrogen (secondary N) is 2. The van der Waals surface area contributed by atoms with E-state index in [4.69, 9.17) is 4.74 Å². The van der Waals surface area contributed by atoms with Crippen molar-refractivity contribution in [3.05, 3.63) is 56.5 Å². The van der Waals surface area contributed by atoms with Gasteiger partial charge < -0.3 is 35.2 Å². The molecule has 4 amide bonds. The van der Waals surface area contributed by atoms with Crippen molar-refractivity contribution in [2.24, 2.45) is 0 Å². The highest BCUT2D eigenvalue weighted by Crippen LogP contribution is 2.34. The zero-order valence-corrected chi connectivity index (χ0v) is 29.1. The van der Waals surface area contributed by atoms with Crippen molar-refractivity contribution in [1.29, 1.82) is 0 Å². The first-order valence-electron chi connectivity index (χ1n) is 16.3. The second kappa shape index (κ2) is 14.9. The van der Waals surface area contributed by atoms with Crippen molar-refractivity contribution >= 4 is 55.6 Å². The number of likely N-dealkylation sites (tertiary alicyclic amines) is 1.